The van der Waals surface area contributed by atoms with Crippen LogP contribution in [0.25, 0.3) is 0 Å². The van der Waals surface area contributed by atoms with Gasteiger partial charge >= 0.3 is 17.9 Å². The van der Waals surface area contributed by atoms with Crippen LogP contribution >= 0.6 is 0 Å². The molecule has 0 aromatic rings. The van der Waals surface area contributed by atoms with Gasteiger partial charge in [0, 0.05) is 19.3 Å². The van der Waals surface area contributed by atoms with E-state index in [2.05, 4.69) is 27.7 Å². The second-order valence-electron chi connectivity index (χ2n) is 19.3. The predicted molar refractivity (Wildman–Crippen MR) is 261 cm³/mol. The van der Waals surface area contributed by atoms with E-state index in [0.717, 1.165) is 63.7 Å². The van der Waals surface area contributed by atoms with Gasteiger partial charge in [0.2, 0.25) is 0 Å². The third kappa shape index (κ3) is 49.3. The maximum atomic E-state index is 12.8. The van der Waals surface area contributed by atoms with Gasteiger partial charge in [-0.3, -0.25) is 14.4 Å². The summed E-state index contributed by atoms with van der Waals surface area (Å²) >= 11 is 0. The molecule has 0 unspecified atom stereocenters. The lowest BCUT2D eigenvalue weighted by Crippen LogP contribution is -2.30. The lowest BCUT2D eigenvalue weighted by molar-refractivity contribution is -0.167. The Balaban J connectivity index is 4.23. The molecule has 0 aliphatic heterocycles. The lowest BCUT2D eigenvalue weighted by atomic mass is 10.0. The van der Waals surface area contributed by atoms with Crippen LogP contribution in [-0.4, -0.2) is 37.2 Å². The van der Waals surface area contributed by atoms with Crippen LogP contribution in [0.4, 0.5) is 0 Å². The van der Waals surface area contributed by atoms with E-state index < -0.39 is 6.10 Å². The minimum absolute atomic E-state index is 0.0625. The summed E-state index contributed by atoms with van der Waals surface area (Å²) in [7, 11) is 0. The average Bonchev–Trinajstić information content (AvgIpc) is 3.24. The molecule has 0 N–H and O–H groups in total. The van der Waals surface area contributed by atoms with Crippen LogP contribution in [0.3, 0.4) is 0 Å². The van der Waals surface area contributed by atoms with Gasteiger partial charge in [0.05, 0.1) is 0 Å². The van der Waals surface area contributed by atoms with E-state index in [0.29, 0.717) is 19.3 Å². The molecule has 0 spiro atoms. The van der Waals surface area contributed by atoms with Crippen molar-refractivity contribution in [3.63, 3.8) is 0 Å². The Morgan fingerprint density at radius 1 is 0.311 bits per heavy atom. The molecule has 0 aliphatic rings. The number of ether oxygens (including phenoxy) is 3. The number of hydrogen-bond acceptors (Lipinski definition) is 6. The Kier molecular flexibility index (Phi) is 48.1. The van der Waals surface area contributed by atoms with Gasteiger partial charge in [-0.05, 0) is 25.2 Å². The lowest BCUT2D eigenvalue weighted by Gasteiger charge is -2.18. The first-order valence-corrected chi connectivity index (χ1v) is 27.4. The van der Waals surface area contributed by atoms with Crippen molar-refractivity contribution in [1.29, 1.82) is 0 Å². The highest BCUT2D eigenvalue weighted by Crippen LogP contribution is 2.17. The van der Waals surface area contributed by atoms with Crippen molar-refractivity contribution in [3.05, 3.63) is 0 Å². The third-order valence-electron chi connectivity index (χ3n) is 12.5. The summed E-state index contributed by atoms with van der Waals surface area (Å²) < 4.78 is 16.8. The molecule has 6 heteroatoms. The molecule has 0 rings (SSSR count). The molecular formula is C55H106O6. The molecule has 6 nitrogen and oxygen atoms in total. The zero-order chi connectivity index (χ0) is 44.5. The molecule has 0 aromatic carbocycles. The van der Waals surface area contributed by atoms with E-state index in [9.17, 15) is 14.4 Å². The number of esters is 3. The van der Waals surface area contributed by atoms with Crippen LogP contribution in [0, 0.1) is 5.92 Å². The standard InChI is InChI=1S/C55H106O6/c1-5-7-9-11-13-15-17-18-19-20-21-22-23-24-26-30-34-38-42-46-53(56)59-49-52(61-55(58)48-44-40-36-32-25-16-14-12-10-8-6-2)50-60-54(57)47-43-39-35-31-28-27-29-33-37-41-45-51(3)4/h51-52H,5-50H2,1-4H3/t52-/m1/s1. The van der Waals surface area contributed by atoms with Crippen LogP contribution in [0.1, 0.15) is 310 Å². The fourth-order valence-corrected chi connectivity index (χ4v) is 8.39. The Hall–Kier alpha value is -1.59. The van der Waals surface area contributed by atoms with E-state index in [4.69, 9.17) is 14.2 Å². The van der Waals surface area contributed by atoms with Crippen molar-refractivity contribution >= 4 is 17.9 Å². The molecule has 0 aromatic heterocycles. The Morgan fingerprint density at radius 3 is 0.803 bits per heavy atom. The summed E-state index contributed by atoms with van der Waals surface area (Å²) in [6.07, 6.45) is 52.4. The molecule has 0 bridgehead atoms. The number of carbonyl (C=O) groups excluding carboxylic acids is 3. The van der Waals surface area contributed by atoms with Gasteiger partial charge < -0.3 is 14.2 Å². The Labute approximate surface area is 380 Å². The van der Waals surface area contributed by atoms with Crippen molar-refractivity contribution in [1.82, 2.24) is 0 Å². The van der Waals surface area contributed by atoms with Gasteiger partial charge in [0.25, 0.3) is 0 Å². The van der Waals surface area contributed by atoms with E-state index in [1.807, 2.05) is 0 Å². The van der Waals surface area contributed by atoms with Crippen molar-refractivity contribution < 1.29 is 28.6 Å². The molecule has 0 saturated heterocycles. The van der Waals surface area contributed by atoms with Crippen LogP contribution in [0.15, 0.2) is 0 Å². The zero-order valence-corrected chi connectivity index (χ0v) is 41.6. The molecule has 362 valence electrons. The van der Waals surface area contributed by atoms with E-state index in [-0.39, 0.29) is 31.1 Å². The van der Waals surface area contributed by atoms with Crippen LogP contribution in [0.2, 0.25) is 0 Å². The van der Waals surface area contributed by atoms with Gasteiger partial charge in [0.15, 0.2) is 6.10 Å². The third-order valence-corrected chi connectivity index (χ3v) is 12.5. The molecule has 0 radical (unpaired) electrons. The molecule has 0 heterocycles. The zero-order valence-electron chi connectivity index (χ0n) is 41.6. The van der Waals surface area contributed by atoms with Crippen LogP contribution in [0.5, 0.6) is 0 Å². The summed E-state index contributed by atoms with van der Waals surface area (Å²) in [6.45, 7) is 9.02. The first kappa shape index (κ1) is 59.4. The van der Waals surface area contributed by atoms with Gasteiger partial charge in [0.1, 0.15) is 13.2 Å². The summed E-state index contributed by atoms with van der Waals surface area (Å²) in [4.78, 5) is 38.0. The van der Waals surface area contributed by atoms with E-state index >= 15 is 0 Å². The van der Waals surface area contributed by atoms with Crippen LogP contribution < -0.4 is 0 Å². The number of rotatable bonds is 50. The van der Waals surface area contributed by atoms with Gasteiger partial charge in [-0.1, -0.05) is 272 Å². The largest absolute Gasteiger partial charge is 0.462 e. The Morgan fingerprint density at radius 2 is 0.541 bits per heavy atom. The number of carbonyl (C=O) groups is 3. The van der Waals surface area contributed by atoms with E-state index in [1.165, 1.54) is 205 Å². The minimum Gasteiger partial charge on any atom is -0.462 e. The van der Waals surface area contributed by atoms with Crippen molar-refractivity contribution in [2.75, 3.05) is 13.2 Å². The maximum Gasteiger partial charge on any atom is 0.306 e. The summed E-state index contributed by atoms with van der Waals surface area (Å²) in [5.74, 6) is -0.0239. The molecule has 0 fully saturated rings. The second kappa shape index (κ2) is 49.4. The normalized spacial score (nSPS) is 12.0. The monoisotopic (exact) mass is 863 g/mol. The molecule has 1 atom stereocenters. The summed E-state index contributed by atoms with van der Waals surface area (Å²) in [6, 6.07) is 0. The summed E-state index contributed by atoms with van der Waals surface area (Å²) in [5, 5.41) is 0. The molecule has 61 heavy (non-hydrogen) atoms. The second-order valence-corrected chi connectivity index (χ2v) is 19.3. The fourth-order valence-electron chi connectivity index (χ4n) is 8.39. The predicted octanol–water partition coefficient (Wildman–Crippen LogP) is 17.8. The SMILES string of the molecule is CCCCCCCCCCCCCCCCCCCCCC(=O)OC[C@H](COC(=O)CCCCCCCCCCCCC(C)C)OC(=O)CCCCCCCCCCCCC. The van der Waals surface area contributed by atoms with E-state index in [1.54, 1.807) is 0 Å². The van der Waals surface area contributed by atoms with Crippen molar-refractivity contribution in [2.24, 2.45) is 5.92 Å². The summed E-state index contributed by atoms with van der Waals surface area (Å²) in [5.41, 5.74) is 0. The smallest absolute Gasteiger partial charge is 0.306 e. The van der Waals surface area contributed by atoms with Crippen molar-refractivity contribution in [2.45, 2.75) is 316 Å². The molecule has 0 saturated carbocycles. The molecule has 0 amide bonds. The van der Waals surface area contributed by atoms with Gasteiger partial charge in [-0.15, -0.1) is 0 Å². The van der Waals surface area contributed by atoms with Gasteiger partial charge in [-0.2, -0.15) is 0 Å². The highest BCUT2D eigenvalue weighted by molar-refractivity contribution is 5.71. The first-order valence-electron chi connectivity index (χ1n) is 27.4. The molecular weight excluding hydrogens is 757 g/mol. The molecule has 0 aliphatic carbocycles. The van der Waals surface area contributed by atoms with Crippen molar-refractivity contribution in [3.8, 4) is 0 Å². The van der Waals surface area contributed by atoms with Gasteiger partial charge in [-0.25, -0.2) is 0 Å². The highest BCUT2D eigenvalue weighted by atomic mass is 16.6. The Bertz CT molecular complexity index is 918. The minimum atomic E-state index is -0.761. The number of unbranched alkanes of at least 4 members (excludes halogenated alkanes) is 37. The first-order chi connectivity index (χ1) is 29.9. The topological polar surface area (TPSA) is 78.9 Å². The van der Waals surface area contributed by atoms with Crippen LogP contribution in [-0.2, 0) is 28.6 Å². The maximum absolute atomic E-state index is 12.8. The number of hydrogen-bond donors (Lipinski definition) is 0. The fraction of sp³-hybridized carbons (Fsp3) is 0.945. The highest BCUT2D eigenvalue weighted by Gasteiger charge is 2.19. The average molecular weight is 863 g/mol. The quantitative estimate of drug-likeness (QED) is 0.0344.